The molecule has 0 amide bonds. The zero-order valence-electron chi connectivity index (χ0n) is 17.8. The van der Waals surface area contributed by atoms with Crippen LogP contribution in [0.3, 0.4) is 0 Å². The van der Waals surface area contributed by atoms with Crippen molar-refractivity contribution in [2.24, 2.45) is 0 Å². The maximum atomic E-state index is 13.2. The Morgan fingerprint density at radius 2 is 1.73 bits per heavy atom. The molecular formula is C22H26N4O3S. The fourth-order valence-corrected chi connectivity index (χ4v) is 4.39. The maximum Gasteiger partial charge on any atom is 0.265 e. The second-order valence-corrected chi connectivity index (χ2v) is 8.74. The van der Waals surface area contributed by atoms with Crippen LogP contribution in [0.4, 0.5) is 17.2 Å². The molecule has 1 aromatic heterocycles. The van der Waals surface area contributed by atoms with Crippen molar-refractivity contribution in [1.29, 1.82) is 0 Å². The summed E-state index contributed by atoms with van der Waals surface area (Å²) in [5.41, 5.74) is 4.78. The van der Waals surface area contributed by atoms with Crippen molar-refractivity contribution in [3.8, 4) is 5.75 Å². The molecule has 0 spiro atoms. The molecular weight excluding hydrogens is 400 g/mol. The van der Waals surface area contributed by atoms with Gasteiger partial charge in [0.05, 0.1) is 12.8 Å². The van der Waals surface area contributed by atoms with Gasteiger partial charge in [-0.25, -0.2) is 18.4 Å². The number of aromatic nitrogens is 2. The monoisotopic (exact) mass is 426 g/mol. The Morgan fingerprint density at radius 3 is 2.40 bits per heavy atom. The second kappa shape index (κ2) is 8.71. The summed E-state index contributed by atoms with van der Waals surface area (Å²) in [6, 6.07) is 10.7. The highest BCUT2D eigenvalue weighted by Crippen LogP contribution is 2.31. The lowest BCUT2D eigenvalue weighted by molar-refractivity contribution is 0.402. The maximum absolute atomic E-state index is 13.2. The summed E-state index contributed by atoms with van der Waals surface area (Å²) >= 11 is 0. The van der Waals surface area contributed by atoms with Gasteiger partial charge in [0.15, 0.2) is 0 Å². The van der Waals surface area contributed by atoms with Crippen molar-refractivity contribution >= 4 is 27.2 Å². The van der Waals surface area contributed by atoms with Crippen LogP contribution in [0.5, 0.6) is 5.75 Å². The standard InChI is InChI=1S/C22H26N4O3S/c1-6-17-7-8-18(25-22-11-16(4)23-13-24-22)12-19(17)26-30(27,28)21-10-15(3)14(2)9-20(21)29-5/h7-13,26H,6H2,1-5H3,(H,23,24,25). The van der Waals surface area contributed by atoms with Gasteiger partial charge in [-0.15, -0.1) is 0 Å². The van der Waals surface area contributed by atoms with E-state index in [9.17, 15) is 8.42 Å². The molecule has 0 aliphatic carbocycles. The molecule has 7 nitrogen and oxygen atoms in total. The minimum Gasteiger partial charge on any atom is -0.495 e. The van der Waals surface area contributed by atoms with Gasteiger partial charge >= 0.3 is 0 Å². The zero-order valence-corrected chi connectivity index (χ0v) is 18.6. The van der Waals surface area contributed by atoms with E-state index in [1.54, 1.807) is 18.2 Å². The minimum absolute atomic E-state index is 0.111. The molecule has 8 heteroatoms. The van der Waals surface area contributed by atoms with Crippen LogP contribution in [0.15, 0.2) is 47.6 Å². The molecule has 0 aliphatic rings. The Balaban J connectivity index is 1.98. The summed E-state index contributed by atoms with van der Waals surface area (Å²) in [6.45, 7) is 7.65. The van der Waals surface area contributed by atoms with E-state index in [0.29, 0.717) is 23.7 Å². The fraction of sp³-hybridized carbons (Fsp3) is 0.273. The van der Waals surface area contributed by atoms with Crippen LogP contribution >= 0.6 is 0 Å². The average Bonchev–Trinajstić information content (AvgIpc) is 2.69. The Hall–Kier alpha value is -3.13. The summed E-state index contributed by atoms with van der Waals surface area (Å²) < 4.78 is 34.5. The lowest BCUT2D eigenvalue weighted by atomic mass is 10.1. The number of anilines is 3. The minimum atomic E-state index is -3.85. The number of rotatable bonds is 7. The van der Waals surface area contributed by atoms with E-state index in [4.69, 9.17) is 4.74 Å². The van der Waals surface area contributed by atoms with Gasteiger partial charge in [-0.3, -0.25) is 4.72 Å². The first kappa shape index (κ1) is 21.6. The van der Waals surface area contributed by atoms with Gasteiger partial charge in [-0.2, -0.15) is 0 Å². The van der Waals surface area contributed by atoms with Crippen molar-refractivity contribution < 1.29 is 13.2 Å². The molecule has 30 heavy (non-hydrogen) atoms. The summed E-state index contributed by atoms with van der Waals surface area (Å²) in [5.74, 6) is 0.950. The van der Waals surface area contributed by atoms with E-state index in [2.05, 4.69) is 20.0 Å². The second-order valence-electron chi connectivity index (χ2n) is 7.09. The van der Waals surface area contributed by atoms with Crippen LogP contribution in [0.25, 0.3) is 0 Å². The number of aryl methyl sites for hydroxylation is 4. The van der Waals surface area contributed by atoms with E-state index in [-0.39, 0.29) is 4.90 Å². The third-order valence-electron chi connectivity index (χ3n) is 4.88. The molecule has 0 atom stereocenters. The number of methoxy groups -OCH3 is 1. The highest BCUT2D eigenvalue weighted by atomic mass is 32.2. The van der Waals surface area contributed by atoms with E-state index in [1.807, 2.05) is 45.9 Å². The SMILES string of the molecule is CCc1ccc(Nc2cc(C)ncn2)cc1NS(=O)(=O)c1cc(C)c(C)cc1OC. The normalized spacial score (nSPS) is 11.2. The van der Waals surface area contributed by atoms with E-state index < -0.39 is 10.0 Å². The summed E-state index contributed by atoms with van der Waals surface area (Å²) in [7, 11) is -2.39. The largest absolute Gasteiger partial charge is 0.495 e. The van der Waals surface area contributed by atoms with Gasteiger partial charge in [0, 0.05) is 17.4 Å². The lowest BCUT2D eigenvalue weighted by Crippen LogP contribution is -2.16. The van der Waals surface area contributed by atoms with Gasteiger partial charge in [-0.05, 0) is 68.1 Å². The van der Waals surface area contributed by atoms with Gasteiger partial charge in [-0.1, -0.05) is 13.0 Å². The van der Waals surface area contributed by atoms with Gasteiger partial charge in [0.2, 0.25) is 0 Å². The molecule has 3 aromatic rings. The third kappa shape index (κ3) is 4.71. The Kier molecular flexibility index (Phi) is 6.26. The van der Waals surface area contributed by atoms with Crippen LogP contribution < -0.4 is 14.8 Å². The number of nitrogens with zero attached hydrogens (tertiary/aromatic N) is 2. The number of benzene rings is 2. The molecule has 0 saturated carbocycles. The van der Waals surface area contributed by atoms with Gasteiger partial charge < -0.3 is 10.1 Å². The lowest BCUT2D eigenvalue weighted by Gasteiger charge is -2.17. The van der Waals surface area contributed by atoms with Crippen molar-refractivity contribution in [3.05, 3.63) is 65.1 Å². The number of sulfonamides is 1. The molecule has 2 N–H and O–H groups in total. The number of nitrogens with one attached hydrogen (secondary N) is 2. The number of ether oxygens (including phenoxy) is 1. The highest BCUT2D eigenvalue weighted by Gasteiger charge is 2.22. The first-order chi connectivity index (χ1) is 14.2. The van der Waals surface area contributed by atoms with Crippen LogP contribution in [-0.4, -0.2) is 25.5 Å². The molecule has 2 aromatic carbocycles. The van der Waals surface area contributed by atoms with Crippen LogP contribution in [0.1, 0.15) is 29.3 Å². The van der Waals surface area contributed by atoms with Gasteiger partial charge in [0.25, 0.3) is 10.0 Å². The predicted octanol–water partition coefficient (Wildman–Crippen LogP) is 4.52. The van der Waals surface area contributed by atoms with E-state index >= 15 is 0 Å². The molecule has 0 bridgehead atoms. The van der Waals surface area contributed by atoms with E-state index in [1.165, 1.54) is 13.4 Å². The molecule has 1 heterocycles. The molecule has 0 radical (unpaired) electrons. The van der Waals surface area contributed by atoms with Crippen molar-refractivity contribution in [1.82, 2.24) is 9.97 Å². The first-order valence-electron chi connectivity index (χ1n) is 9.60. The third-order valence-corrected chi connectivity index (χ3v) is 6.27. The fourth-order valence-electron chi connectivity index (χ4n) is 3.06. The zero-order chi connectivity index (χ0) is 21.9. The molecule has 0 unspecified atom stereocenters. The van der Waals surface area contributed by atoms with Crippen molar-refractivity contribution in [2.75, 3.05) is 17.1 Å². The Labute approximate surface area is 177 Å². The van der Waals surface area contributed by atoms with Crippen molar-refractivity contribution in [3.63, 3.8) is 0 Å². The predicted molar refractivity (Wildman–Crippen MR) is 119 cm³/mol. The molecule has 0 fully saturated rings. The molecule has 158 valence electrons. The quantitative estimate of drug-likeness (QED) is 0.577. The van der Waals surface area contributed by atoms with Gasteiger partial charge in [0.1, 0.15) is 22.8 Å². The van der Waals surface area contributed by atoms with E-state index in [0.717, 1.165) is 28.1 Å². The van der Waals surface area contributed by atoms with Crippen LogP contribution in [0.2, 0.25) is 0 Å². The number of hydrogen-bond acceptors (Lipinski definition) is 6. The topological polar surface area (TPSA) is 93.2 Å². The summed E-state index contributed by atoms with van der Waals surface area (Å²) in [5, 5.41) is 3.19. The molecule has 0 aliphatic heterocycles. The molecule has 0 saturated heterocycles. The Morgan fingerprint density at radius 1 is 1.00 bits per heavy atom. The first-order valence-corrected chi connectivity index (χ1v) is 11.1. The summed E-state index contributed by atoms with van der Waals surface area (Å²) in [6.07, 6.45) is 2.16. The van der Waals surface area contributed by atoms with Crippen LogP contribution in [-0.2, 0) is 16.4 Å². The van der Waals surface area contributed by atoms with Crippen LogP contribution in [0, 0.1) is 20.8 Å². The molecule has 3 rings (SSSR count). The number of hydrogen-bond donors (Lipinski definition) is 2. The Bertz CT molecular complexity index is 1180. The smallest absolute Gasteiger partial charge is 0.265 e. The summed E-state index contributed by atoms with van der Waals surface area (Å²) in [4.78, 5) is 8.39. The highest BCUT2D eigenvalue weighted by molar-refractivity contribution is 7.92. The average molecular weight is 427 g/mol. The van der Waals surface area contributed by atoms with Crippen molar-refractivity contribution in [2.45, 2.75) is 39.0 Å².